The first kappa shape index (κ1) is 18.3. The van der Waals surface area contributed by atoms with E-state index in [0.717, 1.165) is 4.31 Å². The highest BCUT2D eigenvalue weighted by atomic mass is 32.2. The minimum absolute atomic E-state index is 0.161. The first-order chi connectivity index (χ1) is 12.3. The number of fused-ring (bicyclic) bond motifs is 1. The molecule has 3 rings (SSSR count). The highest BCUT2D eigenvalue weighted by molar-refractivity contribution is 7.80. The van der Waals surface area contributed by atoms with Crippen LogP contribution in [0.25, 0.3) is 0 Å². The van der Waals surface area contributed by atoms with E-state index < -0.39 is 17.2 Å². The number of nitrogens with one attached hydrogen (secondary N) is 1. The van der Waals surface area contributed by atoms with Crippen molar-refractivity contribution in [1.82, 2.24) is 4.98 Å². The predicted octanol–water partition coefficient (Wildman–Crippen LogP) is 2.34. The number of carbonyl (C=O) groups excluding carboxylic acids is 1. The van der Waals surface area contributed by atoms with Gasteiger partial charge in [-0.05, 0) is 37.6 Å². The number of amides is 1. The van der Waals surface area contributed by atoms with Crippen molar-refractivity contribution in [2.75, 3.05) is 16.2 Å². The second-order valence-electron chi connectivity index (χ2n) is 6.02. The number of benzene rings is 1. The fraction of sp³-hybridized carbons (Fsp3) is 0.294. The summed E-state index contributed by atoms with van der Waals surface area (Å²) >= 11 is -2.48. The molecule has 1 aliphatic rings. The third-order valence-corrected chi connectivity index (χ3v) is 4.75. The van der Waals surface area contributed by atoms with Gasteiger partial charge in [0.2, 0.25) is 11.8 Å². The Morgan fingerprint density at radius 1 is 1.46 bits per heavy atom. The number of anilines is 2. The van der Waals surface area contributed by atoms with Crippen molar-refractivity contribution in [3.63, 3.8) is 0 Å². The van der Waals surface area contributed by atoms with Crippen LogP contribution in [0, 0.1) is 5.82 Å². The lowest BCUT2D eigenvalue weighted by molar-refractivity contribution is -0.117. The molecule has 3 atom stereocenters. The van der Waals surface area contributed by atoms with E-state index in [2.05, 4.69) is 10.3 Å². The monoisotopic (exact) mass is 378 g/mol. The van der Waals surface area contributed by atoms with Gasteiger partial charge in [-0.2, -0.15) is 0 Å². The Kier molecular flexibility index (Phi) is 5.19. The molecule has 0 spiro atoms. The van der Waals surface area contributed by atoms with E-state index in [1.54, 1.807) is 26.0 Å². The van der Waals surface area contributed by atoms with Gasteiger partial charge in [0.05, 0.1) is 24.3 Å². The molecule has 0 saturated carbocycles. The van der Waals surface area contributed by atoms with E-state index in [0.29, 0.717) is 11.3 Å². The summed E-state index contributed by atoms with van der Waals surface area (Å²) in [5.74, 6) is -1.02. The second kappa shape index (κ2) is 7.38. The molecular weight excluding hydrogens is 361 g/mol. The molecular formula is C17H17FN3O4S-. The van der Waals surface area contributed by atoms with E-state index in [1.165, 1.54) is 24.4 Å². The van der Waals surface area contributed by atoms with E-state index >= 15 is 0 Å². The molecule has 0 fully saturated rings. The van der Waals surface area contributed by atoms with Crippen LogP contribution >= 0.6 is 0 Å². The van der Waals surface area contributed by atoms with Crippen LogP contribution in [0.3, 0.4) is 0 Å². The third kappa shape index (κ3) is 3.83. The van der Waals surface area contributed by atoms with Crippen LogP contribution in [0.2, 0.25) is 0 Å². The molecule has 0 radical (unpaired) electrons. The Morgan fingerprint density at radius 2 is 2.15 bits per heavy atom. The van der Waals surface area contributed by atoms with Gasteiger partial charge in [0.25, 0.3) is 0 Å². The largest absolute Gasteiger partial charge is 0.755 e. The molecule has 2 heterocycles. The van der Waals surface area contributed by atoms with Crippen LogP contribution in [-0.4, -0.2) is 32.3 Å². The molecule has 7 nitrogen and oxygen atoms in total. The summed E-state index contributed by atoms with van der Waals surface area (Å²) in [6.07, 6.45) is 1.07. The number of nitrogens with zero attached hydrogens (tertiary/aromatic N) is 2. The van der Waals surface area contributed by atoms with Crippen LogP contribution in [0.1, 0.15) is 25.3 Å². The van der Waals surface area contributed by atoms with Crippen molar-refractivity contribution in [2.45, 2.75) is 25.9 Å². The van der Waals surface area contributed by atoms with Crippen LogP contribution in [0.4, 0.5) is 15.8 Å². The number of halogens is 1. The normalized spacial score (nSPS) is 18.5. The number of rotatable bonds is 4. The summed E-state index contributed by atoms with van der Waals surface area (Å²) in [6.45, 7) is 3.59. The van der Waals surface area contributed by atoms with Crippen molar-refractivity contribution in [1.29, 1.82) is 0 Å². The van der Waals surface area contributed by atoms with Crippen LogP contribution in [0.15, 0.2) is 36.5 Å². The zero-order valence-electron chi connectivity index (χ0n) is 14.1. The Labute approximate surface area is 152 Å². The maximum Gasteiger partial charge on any atom is 0.238 e. The number of hydrogen-bond acceptors (Lipinski definition) is 5. The molecule has 2 aromatic rings. The molecule has 138 valence electrons. The highest BCUT2D eigenvalue weighted by Crippen LogP contribution is 2.34. The number of pyridine rings is 1. The van der Waals surface area contributed by atoms with Gasteiger partial charge < -0.3 is 14.6 Å². The van der Waals surface area contributed by atoms with Crippen molar-refractivity contribution >= 4 is 28.5 Å². The summed E-state index contributed by atoms with van der Waals surface area (Å²) in [4.78, 5) is 16.5. The standard InChI is InChI=1S/C17H18FN3O4S/c1-10-9-21(26(23)24)15-7-14(8-19-17(15)25-10)20-16(22)11(2)12-3-5-13(18)6-4-12/h3-8,10-11H,9H2,1-2H3,(H,20,22)(H,23,24)/p-1/t10-,11?/m0/s1. The van der Waals surface area contributed by atoms with E-state index in [-0.39, 0.29) is 35.9 Å². The van der Waals surface area contributed by atoms with Gasteiger partial charge in [0, 0.05) is 11.3 Å². The molecule has 0 aliphatic carbocycles. The number of hydrogen-bond donors (Lipinski definition) is 1. The minimum atomic E-state index is -2.48. The number of carbonyl (C=O) groups is 1. The van der Waals surface area contributed by atoms with Gasteiger partial charge >= 0.3 is 0 Å². The molecule has 1 amide bonds. The van der Waals surface area contributed by atoms with Gasteiger partial charge in [-0.25, -0.2) is 9.37 Å². The fourth-order valence-corrected chi connectivity index (χ4v) is 3.26. The van der Waals surface area contributed by atoms with Crippen molar-refractivity contribution < 1.29 is 22.7 Å². The maximum atomic E-state index is 13.0. The van der Waals surface area contributed by atoms with E-state index in [4.69, 9.17) is 4.74 Å². The second-order valence-corrected chi connectivity index (χ2v) is 6.89. The third-order valence-electron chi connectivity index (χ3n) is 4.05. The zero-order chi connectivity index (χ0) is 18.8. The maximum absolute atomic E-state index is 13.0. The molecule has 0 bridgehead atoms. The smallest absolute Gasteiger partial charge is 0.238 e. The Bertz CT molecular complexity index is 846. The molecule has 1 aromatic heterocycles. The van der Waals surface area contributed by atoms with Gasteiger partial charge in [0.15, 0.2) is 0 Å². The first-order valence-corrected chi connectivity index (χ1v) is 8.98. The number of aromatic nitrogens is 1. The van der Waals surface area contributed by atoms with Crippen LogP contribution < -0.4 is 14.4 Å². The summed E-state index contributed by atoms with van der Waals surface area (Å²) in [6, 6.07) is 7.17. The fourth-order valence-electron chi connectivity index (χ4n) is 2.63. The van der Waals surface area contributed by atoms with Crippen molar-refractivity contribution in [3.8, 4) is 5.88 Å². The Hall–Kier alpha value is -2.52. The molecule has 0 saturated heterocycles. The van der Waals surface area contributed by atoms with Crippen LogP contribution in [0.5, 0.6) is 5.88 Å². The van der Waals surface area contributed by atoms with Crippen LogP contribution in [-0.2, 0) is 16.1 Å². The van der Waals surface area contributed by atoms with Crippen molar-refractivity contribution in [2.24, 2.45) is 0 Å². The predicted molar refractivity (Wildman–Crippen MR) is 94.0 cm³/mol. The van der Waals surface area contributed by atoms with Gasteiger partial charge in [-0.1, -0.05) is 12.1 Å². The highest BCUT2D eigenvalue weighted by Gasteiger charge is 2.26. The lowest BCUT2D eigenvalue weighted by atomic mass is 10.0. The van der Waals surface area contributed by atoms with Crippen molar-refractivity contribution in [3.05, 3.63) is 47.9 Å². The topological polar surface area (TPSA) is 94.6 Å². The van der Waals surface area contributed by atoms with Gasteiger partial charge in [-0.15, -0.1) is 0 Å². The molecule has 26 heavy (non-hydrogen) atoms. The quantitative estimate of drug-likeness (QED) is 0.824. The first-order valence-electron chi connectivity index (χ1n) is 7.95. The lowest BCUT2D eigenvalue weighted by Crippen LogP contribution is -2.39. The average Bonchev–Trinajstić information content (AvgIpc) is 2.61. The zero-order valence-corrected chi connectivity index (χ0v) is 15.0. The van der Waals surface area contributed by atoms with E-state index in [9.17, 15) is 17.9 Å². The Morgan fingerprint density at radius 3 is 2.81 bits per heavy atom. The SMILES string of the molecule is CC(C(=O)Nc1cnc2c(c1)N(S(=O)[O-])C[C@H](C)O2)c1ccc(F)cc1. The van der Waals surface area contributed by atoms with Gasteiger partial charge in [-0.3, -0.25) is 13.3 Å². The molecule has 2 unspecified atom stereocenters. The summed E-state index contributed by atoms with van der Waals surface area (Å²) in [7, 11) is 0. The molecule has 1 aliphatic heterocycles. The lowest BCUT2D eigenvalue weighted by Gasteiger charge is -2.34. The minimum Gasteiger partial charge on any atom is -0.755 e. The van der Waals surface area contributed by atoms with E-state index in [1.807, 2.05) is 0 Å². The average molecular weight is 378 g/mol. The number of ether oxygens (including phenoxy) is 1. The molecule has 9 heteroatoms. The Balaban J connectivity index is 1.80. The summed E-state index contributed by atoms with van der Waals surface area (Å²) < 4.78 is 42.6. The molecule has 1 N–H and O–H groups in total. The summed E-state index contributed by atoms with van der Waals surface area (Å²) in [5.41, 5.74) is 1.27. The summed E-state index contributed by atoms with van der Waals surface area (Å²) in [5, 5.41) is 2.70. The molecule has 1 aromatic carbocycles. The van der Waals surface area contributed by atoms with Gasteiger partial charge in [0.1, 0.15) is 17.6 Å².